The minimum Gasteiger partial charge on any atom is -0.332 e. The second-order valence-corrected chi connectivity index (χ2v) is 4.32. The first-order chi connectivity index (χ1) is 11.7. The van der Waals surface area contributed by atoms with Crippen LogP contribution in [0.5, 0.6) is 0 Å². The fourth-order valence-electron chi connectivity index (χ4n) is 1.86. The summed E-state index contributed by atoms with van der Waals surface area (Å²) in [4.78, 5) is 11.4. The number of aromatic nitrogens is 2. The van der Waals surface area contributed by atoms with Gasteiger partial charge in [0.25, 0.3) is 0 Å². The first-order valence-corrected chi connectivity index (χ1v) is 6.62. The van der Waals surface area contributed by atoms with Crippen molar-refractivity contribution in [2.24, 2.45) is 0 Å². The van der Waals surface area contributed by atoms with Crippen LogP contribution in [-0.4, -0.2) is 36.1 Å². The highest BCUT2D eigenvalue weighted by molar-refractivity contribution is 5.61. The molecule has 114 valence electrons. The van der Waals surface area contributed by atoms with Gasteiger partial charge in [-0.3, -0.25) is 0 Å². The van der Waals surface area contributed by atoms with Crippen LogP contribution in [0.4, 0.5) is 11.6 Å². The summed E-state index contributed by atoms with van der Waals surface area (Å²) in [6.07, 6.45) is 21.2. The summed E-state index contributed by atoms with van der Waals surface area (Å²) < 4.78 is 0. The van der Waals surface area contributed by atoms with Crippen molar-refractivity contribution in [3.05, 3.63) is 11.4 Å². The van der Waals surface area contributed by atoms with Crippen molar-refractivity contribution in [2.75, 3.05) is 36.0 Å². The topological polar surface area (TPSA) is 79.8 Å². The molecule has 1 heterocycles. The average molecular weight is 312 g/mol. The third-order valence-corrected chi connectivity index (χ3v) is 2.80. The predicted octanol–water partition coefficient (Wildman–Crippen LogP) is 0.366. The van der Waals surface area contributed by atoms with Gasteiger partial charge in [0.2, 0.25) is 0 Å². The molecule has 0 bridgehead atoms. The van der Waals surface area contributed by atoms with E-state index in [0.29, 0.717) is 0 Å². The van der Waals surface area contributed by atoms with Gasteiger partial charge >= 0.3 is 0 Å². The van der Waals surface area contributed by atoms with E-state index in [-0.39, 0.29) is 49.2 Å². The molecule has 24 heavy (non-hydrogen) atoms. The van der Waals surface area contributed by atoms with E-state index in [0.717, 1.165) is 0 Å². The van der Waals surface area contributed by atoms with E-state index in [1.807, 2.05) is 12.1 Å². The molecule has 6 heteroatoms. The SMILES string of the molecule is C#CCN(CC#C)c1nc(C#N)c(N(CC#C)CC#C)nc1C#N. The van der Waals surface area contributed by atoms with Gasteiger partial charge in [-0.15, -0.1) is 25.7 Å². The highest BCUT2D eigenvalue weighted by atomic mass is 15.2. The maximum Gasteiger partial charge on any atom is 0.185 e. The quantitative estimate of drug-likeness (QED) is 0.706. The number of hydrogen-bond acceptors (Lipinski definition) is 6. The third kappa shape index (κ3) is 3.97. The molecule has 0 aliphatic heterocycles. The molecule has 0 unspecified atom stereocenters. The Morgan fingerprint density at radius 2 is 0.958 bits per heavy atom. The fraction of sp³-hybridized carbons (Fsp3) is 0.222. The van der Waals surface area contributed by atoms with E-state index in [1.165, 1.54) is 9.80 Å². The van der Waals surface area contributed by atoms with Gasteiger partial charge in [-0.2, -0.15) is 10.5 Å². The van der Waals surface area contributed by atoms with Crippen molar-refractivity contribution in [2.45, 2.75) is 0 Å². The number of nitriles is 2. The molecule has 0 amide bonds. The standard InChI is InChI=1S/C18H12N6/c1-5-9-23(10-6-2)17-15(13-19)22-18(16(14-20)21-17)24(11-7-3)12-8-4/h1-4H,9-12H2. The molecular formula is C18H12N6. The molecule has 0 atom stereocenters. The summed E-state index contributed by atoms with van der Waals surface area (Å²) in [5.74, 6) is 10.00. The Labute approximate surface area is 141 Å². The summed E-state index contributed by atoms with van der Waals surface area (Å²) in [7, 11) is 0. The number of hydrogen-bond donors (Lipinski definition) is 0. The lowest BCUT2D eigenvalue weighted by Gasteiger charge is -2.23. The van der Waals surface area contributed by atoms with E-state index in [1.54, 1.807) is 0 Å². The summed E-state index contributed by atoms with van der Waals surface area (Å²) in [5.41, 5.74) is -0.0397. The Hall–Kier alpha value is -4.10. The van der Waals surface area contributed by atoms with Gasteiger partial charge in [-0.1, -0.05) is 23.7 Å². The zero-order chi connectivity index (χ0) is 17.9. The molecule has 1 rings (SSSR count). The van der Waals surface area contributed by atoms with E-state index in [4.69, 9.17) is 25.7 Å². The molecule has 0 N–H and O–H groups in total. The first-order valence-electron chi connectivity index (χ1n) is 6.62. The maximum atomic E-state index is 9.37. The van der Waals surface area contributed by atoms with Crippen molar-refractivity contribution in [1.82, 2.24) is 9.97 Å². The second-order valence-electron chi connectivity index (χ2n) is 4.32. The van der Waals surface area contributed by atoms with Gasteiger partial charge in [-0.05, 0) is 0 Å². The van der Waals surface area contributed by atoms with Crippen LogP contribution in [0.2, 0.25) is 0 Å². The van der Waals surface area contributed by atoms with Crippen LogP contribution in [0.25, 0.3) is 0 Å². The lowest BCUT2D eigenvalue weighted by molar-refractivity contribution is 0.893. The largest absolute Gasteiger partial charge is 0.332 e. The molecule has 0 fully saturated rings. The van der Waals surface area contributed by atoms with Crippen LogP contribution in [0.1, 0.15) is 11.4 Å². The van der Waals surface area contributed by atoms with Gasteiger partial charge in [-0.25, -0.2) is 9.97 Å². The van der Waals surface area contributed by atoms with Crippen molar-refractivity contribution in [3.8, 4) is 61.5 Å². The van der Waals surface area contributed by atoms with Crippen LogP contribution in [0.3, 0.4) is 0 Å². The molecule has 0 spiro atoms. The lowest BCUT2D eigenvalue weighted by atomic mass is 10.3. The Bertz CT molecular complexity index is 752. The van der Waals surface area contributed by atoms with Crippen molar-refractivity contribution in [3.63, 3.8) is 0 Å². The monoisotopic (exact) mass is 312 g/mol. The predicted molar refractivity (Wildman–Crippen MR) is 91.2 cm³/mol. The Kier molecular flexibility index (Phi) is 6.75. The molecule has 0 aliphatic rings. The molecule has 1 aromatic rings. The molecule has 1 aromatic heterocycles. The van der Waals surface area contributed by atoms with Crippen LogP contribution >= 0.6 is 0 Å². The minimum absolute atomic E-state index is 0.0199. The summed E-state index contributed by atoms with van der Waals surface area (Å²) in [6, 6.07) is 3.86. The smallest absolute Gasteiger partial charge is 0.185 e. The van der Waals surface area contributed by atoms with E-state index in [2.05, 4.69) is 33.6 Å². The Morgan fingerprint density at radius 1 is 0.667 bits per heavy atom. The fourth-order valence-corrected chi connectivity index (χ4v) is 1.86. The molecule has 0 aliphatic carbocycles. The Morgan fingerprint density at radius 3 is 1.17 bits per heavy atom. The van der Waals surface area contributed by atoms with Gasteiger partial charge in [0.1, 0.15) is 12.1 Å². The highest BCUT2D eigenvalue weighted by Gasteiger charge is 2.21. The van der Waals surface area contributed by atoms with Crippen LogP contribution in [-0.2, 0) is 0 Å². The van der Waals surface area contributed by atoms with Gasteiger partial charge in [0, 0.05) is 0 Å². The van der Waals surface area contributed by atoms with Gasteiger partial charge in [0.05, 0.1) is 26.2 Å². The summed E-state index contributed by atoms with van der Waals surface area (Å²) >= 11 is 0. The van der Waals surface area contributed by atoms with Crippen LogP contribution in [0, 0.1) is 72.0 Å². The average Bonchev–Trinajstić information content (AvgIpc) is 2.60. The zero-order valence-corrected chi connectivity index (χ0v) is 12.8. The first kappa shape index (κ1) is 18.0. The molecular weight excluding hydrogens is 300 g/mol. The number of rotatable bonds is 6. The van der Waals surface area contributed by atoms with Crippen molar-refractivity contribution >= 4 is 11.6 Å². The molecule has 0 radical (unpaired) electrons. The summed E-state index contributed by atoms with van der Waals surface area (Å²) in [6.45, 7) is 0.485. The lowest BCUT2D eigenvalue weighted by Crippen LogP contribution is -2.30. The van der Waals surface area contributed by atoms with E-state index >= 15 is 0 Å². The van der Waals surface area contributed by atoms with Crippen molar-refractivity contribution in [1.29, 1.82) is 10.5 Å². The Balaban J connectivity index is 3.54. The van der Waals surface area contributed by atoms with Crippen molar-refractivity contribution < 1.29 is 0 Å². The number of terminal acetylenes is 4. The molecule has 0 saturated carbocycles. The molecule has 0 saturated heterocycles. The normalized spacial score (nSPS) is 8.42. The van der Waals surface area contributed by atoms with Crippen LogP contribution < -0.4 is 9.80 Å². The third-order valence-electron chi connectivity index (χ3n) is 2.80. The van der Waals surface area contributed by atoms with Gasteiger partial charge < -0.3 is 9.80 Å². The minimum atomic E-state index is -0.0199. The number of anilines is 2. The second kappa shape index (κ2) is 9.03. The van der Waals surface area contributed by atoms with Gasteiger partial charge in [0.15, 0.2) is 23.0 Å². The van der Waals surface area contributed by atoms with Crippen LogP contribution in [0.15, 0.2) is 0 Å². The zero-order valence-electron chi connectivity index (χ0n) is 12.8. The molecule has 6 nitrogen and oxygen atoms in total. The van der Waals surface area contributed by atoms with E-state index in [9.17, 15) is 10.5 Å². The highest BCUT2D eigenvalue weighted by Crippen LogP contribution is 2.23. The molecule has 0 aromatic carbocycles. The summed E-state index contributed by atoms with van der Waals surface area (Å²) in [5, 5.41) is 18.7. The van der Waals surface area contributed by atoms with E-state index < -0.39 is 0 Å². The maximum absolute atomic E-state index is 9.37. The number of nitrogens with zero attached hydrogens (tertiary/aromatic N) is 6.